The average Bonchev–Trinajstić information content (AvgIpc) is 2.33. The Bertz CT molecular complexity index is 577. The molecule has 0 radical (unpaired) electrons. The first-order valence-corrected chi connectivity index (χ1v) is 7.07. The van der Waals surface area contributed by atoms with Crippen molar-refractivity contribution >= 4 is 6.29 Å². The van der Waals surface area contributed by atoms with Crippen molar-refractivity contribution in [2.75, 3.05) is 0 Å². The van der Waals surface area contributed by atoms with Gasteiger partial charge in [0.2, 0.25) is 0 Å². The molecule has 2 nitrogen and oxygen atoms in total. The van der Waals surface area contributed by atoms with E-state index in [1.165, 1.54) is 28.7 Å². The summed E-state index contributed by atoms with van der Waals surface area (Å²) < 4.78 is 6.18. The maximum absolute atomic E-state index is 11.3. The van der Waals surface area contributed by atoms with E-state index in [1.807, 2.05) is 0 Å². The van der Waals surface area contributed by atoms with Gasteiger partial charge >= 0.3 is 0 Å². The lowest BCUT2D eigenvalue weighted by molar-refractivity contribution is -0.105. The van der Waals surface area contributed by atoms with Gasteiger partial charge in [0.15, 0.2) is 0 Å². The molecule has 2 aliphatic rings. The summed E-state index contributed by atoms with van der Waals surface area (Å²) in [6.07, 6.45) is 5.29. The van der Waals surface area contributed by atoms with Crippen molar-refractivity contribution in [1.29, 1.82) is 0 Å². The normalized spacial score (nSPS) is 18.7. The van der Waals surface area contributed by atoms with Gasteiger partial charge in [-0.3, -0.25) is 4.79 Å². The van der Waals surface area contributed by atoms with Crippen LogP contribution in [0.5, 0.6) is 5.75 Å². The van der Waals surface area contributed by atoms with Crippen LogP contribution < -0.4 is 4.74 Å². The second-order valence-corrected chi connectivity index (χ2v) is 5.86. The number of ether oxygens (including phenoxy) is 1. The third-order valence-corrected chi connectivity index (χ3v) is 4.63. The third-order valence-electron chi connectivity index (χ3n) is 4.63. The van der Waals surface area contributed by atoms with Crippen molar-refractivity contribution in [3.05, 3.63) is 39.7 Å². The molecule has 2 heteroatoms. The predicted octanol–water partition coefficient (Wildman–Crippen LogP) is 3.80. The van der Waals surface area contributed by atoms with Gasteiger partial charge in [-0.2, -0.15) is 0 Å². The first kappa shape index (κ1) is 12.5. The number of carbonyl (C=O) groups is 1. The predicted molar refractivity (Wildman–Crippen MR) is 75.4 cm³/mol. The number of hydrogen-bond donors (Lipinski definition) is 0. The Morgan fingerprint density at radius 1 is 1.21 bits per heavy atom. The van der Waals surface area contributed by atoms with Crippen LogP contribution in [0.4, 0.5) is 0 Å². The molecule has 0 amide bonds. The molecule has 1 heterocycles. The highest BCUT2D eigenvalue weighted by Gasteiger charge is 2.31. The van der Waals surface area contributed by atoms with Gasteiger partial charge in [0, 0.05) is 23.5 Å². The first-order valence-electron chi connectivity index (χ1n) is 7.07. The highest BCUT2D eigenvalue weighted by molar-refractivity contribution is 5.77. The van der Waals surface area contributed by atoms with E-state index in [-0.39, 0.29) is 0 Å². The minimum Gasteiger partial charge on any atom is -0.460 e. The molecule has 3 rings (SSSR count). The zero-order valence-corrected chi connectivity index (χ0v) is 11.9. The van der Waals surface area contributed by atoms with E-state index < -0.39 is 0 Å². The maximum Gasteiger partial charge on any atom is 0.149 e. The summed E-state index contributed by atoms with van der Waals surface area (Å²) in [7, 11) is 0. The Labute approximate surface area is 114 Å². The minimum atomic E-state index is 0.466. The number of benzene rings is 1. The van der Waals surface area contributed by atoms with Crippen LogP contribution >= 0.6 is 0 Å². The summed E-state index contributed by atoms with van der Waals surface area (Å²) in [6.45, 7) is 6.33. The van der Waals surface area contributed by atoms with Crippen molar-refractivity contribution in [3.63, 3.8) is 0 Å². The van der Waals surface area contributed by atoms with Crippen LogP contribution in [-0.4, -0.2) is 6.29 Å². The van der Waals surface area contributed by atoms with Crippen LogP contribution in [0.15, 0.2) is 17.4 Å². The molecule has 100 valence electrons. The number of allylic oxidation sites excluding steroid dienone is 2. The molecule has 0 N–H and O–H groups in total. The van der Waals surface area contributed by atoms with Crippen molar-refractivity contribution < 1.29 is 9.53 Å². The third kappa shape index (κ3) is 1.90. The number of carbonyl (C=O) groups excluding carboxylic acids is 1. The fraction of sp³-hybridized carbons (Fsp3) is 0.471. The summed E-state index contributed by atoms with van der Waals surface area (Å²) >= 11 is 0. The summed E-state index contributed by atoms with van der Waals surface area (Å²) in [5, 5.41) is 0. The summed E-state index contributed by atoms with van der Waals surface area (Å²) in [5.74, 6) is 2.42. The Morgan fingerprint density at radius 2 is 1.95 bits per heavy atom. The van der Waals surface area contributed by atoms with Gasteiger partial charge in [0.1, 0.15) is 17.8 Å². The van der Waals surface area contributed by atoms with Gasteiger partial charge < -0.3 is 4.74 Å². The summed E-state index contributed by atoms with van der Waals surface area (Å²) in [4.78, 5) is 11.3. The Morgan fingerprint density at radius 3 is 2.53 bits per heavy atom. The minimum absolute atomic E-state index is 0.466. The lowest BCUT2D eigenvalue weighted by atomic mass is 9.80. The fourth-order valence-corrected chi connectivity index (χ4v) is 3.03. The van der Waals surface area contributed by atoms with E-state index in [9.17, 15) is 4.79 Å². The maximum atomic E-state index is 11.3. The van der Waals surface area contributed by atoms with E-state index in [0.717, 1.165) is 42.6 Å². The molecule has 1 saturated carbocycles. The molecular formula is C17H20O2. The number of aryl methyl sites for hydroxylation is 2. The lowest BCUT2D eigenvalue weighted by Gasteiger charge is -2.33. The van der Waals surface area contributed by atoms with Crippen LogP contribution in [-0.2, 0) is 11.2 Å². The fourth-order valence-electron chi connectivity index (χ4n) is 3.03. The van der Waals surface area contributed by atoms with Crippen LogP contribution in [0.1, 0.15) is 41.5 Å². The summed E-state index contributed by atoms with van der Waals surface area (Å²) in [6, 6.07) is 2.19. The number of aldehydes is 1. The zero-order valence-electron chi connectivity index (χ0n) is 11.9. The van der Waals surface area contributed by atoms with E-state index in [4.69, 9.17) is 4.74 Å². The zero-order chi connectivity index (χ0) is 13.6. The van der Waals surface area contributed by atoms with Crippen LogP contribution in [0.2, 0.25) is 0 Å². The molecule has 0 atom stereocenters. The molecule has 0 bridgehead atoms. The molecule has 1 aliphatic carbocycles. The van der Waals surface area contributed by atoms with Crippen molar-refractivity contribution in [2.24, 2.45) is 5.92 Å². The van der Waals surface area contributed by atoms with E-state index in [1.54, 1.807) is 0 Å². The molecule has 19 heavy (non-hydrogen) atoms. The monoisotopic (exact) mass is 256 g/mol. The van der Waals surface area contributed by atoms with Gasteiger partial charge in [0.05, 0.1) is 0 Å². The lowest BCUT2D eigenvalue weighted by Crippen LogP contribution is -2.24. The number of rotatable bonds is 2. The highest BCUT2D eigenvalue weighted by Crippen LogP contribution is 2.43. The van der Waals surface area contributed by atoms with Crippen LogP contribution in [0, 0.1) is 26.7 Å². The summed E-state index contributed by atoms with van der Waals surface area (Å²) in [5.41, 5.74) is 5.74. The largest absolute Gasteiger partial charge is 0.460 e. The van der Waals surface area contributed by atoms with Gasteiger partial charge in [-0.15, -0.1) is 0 Å². The SMILES string of the molecule is Cc1cc(C)c2c(c1C)OC(C1CCC1)=C(C=O)C2. The number of hydrogen-bond acceptors (Lipinski definition) is 2. The van der Waals surface area contributed by atoms with Gasteiger partial charge in [0.25, 0.3) is 0 Å². The topological polar surface area (TPSA) is 26.3 Å². The number of fused-ring (bicyclic) bond motifs is 1. The molecule has 0 spiro atoms. The van der Waals surface area contributed by atoms with Gasteiger partial charge in [-0.1, -0.05) is 12.5 Å². The van der Waals surface area contributed by atoms with Crippen LogP contribution in [0.3, 0.4) is 0 Å². The molecule has 1 fully saturated rings. The molecule has 1 aromatic carbocycles. The van der Waals surface area contributed by atoms with Crippen molar-refractivity contribution in [3.8, 4) is 5.75 Å². The van der Waals surface area contributed by atoms with Gasteiger partial charge in [-0.05, 0) is 50.3 Å². The van der Waals surface area contributed by atoms with E-state index in [2.05, 4.69) is 26.8 Å². The standard InChI is InChI=1S/C17H20O2/c1-10-7-11(2)15-8-14(9-18)17(13-5-4-6-13)19-16(15)12(10)3/h7,9,13H,4-6,8H2,1-3H3. The van der Waals surface area contributed by atoms with Crippen molar-refractivity contribution in [1.82, 2.24) is 0 Å². The Balaban J connectivity index is 2.08. The van der Waals surface area contributed by atoms with E-state index in [0.29, 0.717) is 5.92 Å². The molecule has 0 unspecified atom stereocenters. The molecular weight excluding hydrogens is 236 g/mol. The molecule has 0 aromatic heterocycles. The molecule has 1 aromatic rings. The Hall–Kier alpha value is -1.57. The van der Waals surface area contributed by atoms with Crippen LogP contribution in [0.25, 0.3) is 0 Å². The molecule has 1 aliphatic heterocycles. The molecule has 0 saturated heterocycles. The second-order valence-electron chi connectivity index (χ2n) is 5.86. The smallest absolute Gasteiger partial charge is 0.149 e. The van der Waals surface area contributed by atoms with Crippen molar-refractivity contribution in [2.45, 2.75) is 46.5 Å². The van der Waals surface area contributed by atoms with Gasteiger partial charge in [-0.25, -0.2) is 0 Å². The Kier molecular flexibility index (Phi) is 2.96. The second kappa shape index (κ2) is 4.52. The highest BCUT2D eigenvalue weighted by atomic mass is 16.5. The average molecular weight is 256 g/mol. The quantitative estimate of drug-likeness (QED) is 0.752. The first-order chi connectivity index (χ1) is 9.11. The van der Waals surface area contributed by atoms with E-state index >= 15 is 0 Å².